The average molecular weight is 252 g/mol. The Hall–Kier alpha value is -1.56. The van der Waals surface area contributed by atoms with Crippen LogP contribution >= 0.6 is 0 Å². The Labute approximate surface area is 106 Å². The first kappa shape index (κ1) is 12.9. The summed E-state index contributed by atoms with van der Waals surface area (Å²) in [5, 5.41) is 13.2. The number of amides is 1. The predicted octanol–water partition coefficient (Wildman–Crippen LogP) is 0.155. The zero-order valence-electron chi connectivity index (χ0n) is 10.9. The number of nitrogens with zero attached hydrogens (tertiary/aromatic N) is 3. The third-order valence-electron chi connectivity index (χ3n) is 3.63. The van der Waals surface area contributed by atoms with E-state index in [2.05, 4.69) is 5.10 Å². The van der Waals surface area contributed by atoms with Crippen LogP contribution in [-0.2, 0) is 7.05 Å². The van der Waals surface area contributed by atoms with Crippen LogP contribution in [0.2, 0.25) is 0 Å². The molecule has 100 valence electrons. The van der Waals surface area contributed by atoms with Gasteiger partial charge < -0.3 is 15.7 Å². The van der Waals surface area contributed by atoms with Crippen LogP contribution in [0.5, 0.6) is 0 Å². The van der Waals surface area contributed by atoms with Gasteiger partial charge in [-0.25, -0.2) is 0 Å². The first-order valence-electron chi connectivity index (χ1n) is 6.23. The number of aromatic nitrogens is 2. The Kier molecular flexibility index (Phi) is 3.56. The highest BCUT2D eigenvalue weighted by Gasteiger charge is 2.27. The summed E-state index contributed by atoms with van der Waals surface area (Å²) in [5.74, 6) is 0.256. The van der Waals surface area contributed by atoms with E-state index in [0.29, 0.717) is 36.1 Å². The Bertz CT molecular complexity index is 447. The molecule has 1 aromatic heterocycles. The molecule has 2 heterocycles. The lowest BCUT2D eigenvalue weighted by molar-refractivity contribution is 0.0641. The molecule has 0 aliphatic carbocycles. The molecule has 0 unspecified atom stereocenters. The van der Waals surface area contributed by atoms with Crippen LogP contribution in [0.25, 0.3) is 0 Å². The van der Waals surface area contributed by atoms with Gasteiger partial charge in [0.1, 0.15) is 5.69 Å². The van der Waals surface area contributed by atoms with Crippen molar-refractivity contribution in [1.29, 1.82) is 0 Å². The van der Waals surface area contributed by atoms with E-state index in [-0.39, 0.29) is 12.5 Å². The standard InChI is InChI=1S/C12H20N4O2/c1-8-10(13)11(15(2)14-8)12(18)16-5-3-9(7-17)4-6-16/h9,17H,3-7,13H2,1-2H3. The van der Waals surface area contributed by atoms with Crippen LogP contribution < -0.4 is 5.73 Å². The topological polar surface area (TPSA) is 84.4 Å². The van der Waals surface area contributed by atoms with Gasteiger partial charge in [0.25, 0.3) is 5.91 Å². The van der Waals surface area contributed by atoms with Gasteiger partial charge in [0.05, 0.1) is 11.4 Å². The van der Waals surface area contributed by atoms with Crippen LogP contribution in [0.4, 0.5) is 5.69 Å². The van der Waals surface area contributed by atoms with E-state index in [9.17, 15) is 4.79 Å². The van der Waals surface area contributed by atoms with Crippen LogP contribution in [0.15, 0.2) is 0 Å². The number of carbonyl (C=O) groups is 1. The summed E-state index contributed by atoms with van der Waals surface area (Å²) in [6.07, 6.45) is 1.69. The average Bonchev–Trinajstić information content (AvgIpc) is 2.63. The molecule has 0 spiro atoms. The molecule has 0 saturated carbocycles. The molecule has 0 aromatic carbocycles. The van der Waals surface area contributed by atoms with Crippen LogP contribution in [0, 0.1) is 12.8 Å². The maximum atomic E-state index is 12.4. The third kappa shape index (κ3) is 2.20. The molecular weight excluding hydrogens is 232 g/mol. The van der Waals surface area contributed by atoms with Gasteiger partial charge in [0.15, 0.2) is 0 Å². The largest absolute Gasteiger partial charge is 0.396 e. The minimum absolute atomic E-state index is 0.0630. The molecule has 1 aromatic rings. The first-order valence-corrected chi connectivity index (χ1v) is 6.23. The second kappa shape index (κ2) is 4.97. The second-order valence-electron chi connectivity index (χ2n) is 4.89. The molecule has 3 N–H and O–H groups in total. The second-order valence-corrected chi connectivity index (χ2v) is 4.89. The van der Waals surface area contributed by atoms with Crippen molar-refractivity contribution >= 4 is 11.6 Å². The molecule has 6 nitrogen and oxygen atoms in total. The number of nitrogens with two attached hydrogens (primary N) is 1. The fourth-order valence-electron chi connectivity index (χ4n) is 2.40. The van der Waals surface area contributed by atoms with Crippen molar-refractivity contribution in [2.24, 2.45) is 13.0 Å². The van der Waals surface area contributed by atoms with Gasteiger partial charge in [0, 0.05) is 26.7 Å². The van der Waals surface area contributed by atoms with E-state index in [1.54, 1.807) is 23.6 Å². The molecule has 0 bridgehead atoms. The van der Waals surface area contributed by atoms with E-state index in [1.165, 1.54) is 0 Å². The summed E-state index contributed by atoms with van der Waals surface area (Å²) in [4.78, 5) is 14.2. The summed E-state index contributed by atoms with van der Waals surface area (Å²) in [5.41, 5.74) is 7.51. The number of hydrogen-bond acceptors (Lipinski definition) is 4. The number of nitrogen functional groups attached to an aromatic ring is 1. The fourth-order valence-corrected chi connectivity index (χ4v) is 2.40. The van der Waals surface area contributed by atoms with Gasteiger partial charge in [0.2, 0.25) is 0 Å². The minimum Gasteiger partial charge on any atom is -0.396 e. The van der Waals surface area contributed by atoms with E-state index < -0.39 is 0 Å². The van der Waals surface area contributed by atoms with Crippen molar-refractivity contribution in [3.63, 3.8) is 0 Å². The number of rotatable bonds is 2. The highest BCUT2D eigenvalue weighted by molar-refractivity contribution is 5.98. The van der Waals surface area contributed by atoms with Gasteiger partial charge in [-0.05, 0) is 25.7 Å². The summed E-state index contributed by atoms with van der Waals surface area (Å²) in [6.45, 7) is 3.35. The number of carbonyl (C=O) groups excluding carboxylic acids is 1. The number of hydrogen-bond donors (Lipinski definition) is 2. The van der Waals surface area contributed by atoms with E-state index in [1.807, 2.05) is 0 Å². The third-order valence-corrected chi connectivity index (χ3v) is 3.63. The Morgan fingerprint density at radius 3 is 2.56 bits per heavy atom. The fraction of sp³-hybridized carbons (Fsp3) is 0.667. The Balaban J connectivity index is 2.13. The van der Waals surface area contributed by atoms with Crippen molar-refractivity contribution in [3.8, 4) is 0 Å². The predicted molar refractivity (Wildman–Crippen MR) is 68.1 cm³/mol. The monoisotopic (exact) mass is 252 g/mol. The van der Waals surface area contributed by atoms with Crippen LogP contribution in [0.3, 0.4) is 0 Å². The zero-order chi connectivity index (χ0) is 13.3. The molecule has 2 rings (SSSR count). The molecule has 0 radical (unpaired) electrons. The Morgan fingerprint density at radius 1 is 1.50 bits per heavy atom. The summed E-state index contributed by atoms with van der Waals surface area (Å²) in [7, 11) is 1.73. The summed E-state index contributed by atoms with van der Waals surface area (Å²) in [6, 6.07) is 0. The lowest BCUT2D eigenvalue weighted by Crippen LogP contribution is -2.40. The van der Waals surface area contributed by atoms with Crippen molar-refractivity contribution in [3.05, 3.63) is 11.4 Å². The summed E-state index contributed by atoms with van der Waals surface area (Å²) >= 11 is 0. The normalized spacial score (nSPS) is 17.2. The first-order chi connectivity index (χ1) is 8.54. The van der Waals surface area contributed by atoms with E-state index >= 15 is 0 Å². The molecule has 1 saturated heterocycles. The molecule has 1 aliphatic heterocycles. The SMILES string of the molecule is Cc1nn(C)c(C(=O)N2CCC(CO)CC2)c1N. The number of likely N-dealkylation sites (tertiary alicyclic amines) is 1. The van der Waals surface area contributed by atoms with Crippen LogP contribution in [0.1, 0.15) is 29.0 Å². The lowest BCUT2D eigenvalue weighted by atomic mass is 9.97. The molecule has 1 aliphatic rings. The molecule has 1 amide bonds. The number of piperidine rings is 1. The smallest absolute Gasteiger partial charge is 0.274 e. The zero-order valence-corrected chi connectivity index (χ0v) is 10.9. The minimum atomic E-state index is -0.0630. The number of aliphatic hydroxyl groups is 1. The maximum Gasteiger partial charge on any atom is 0.274 e. The molecular formula is C12H20N4O2. The van der Waals surface area contributed by atoms with Gasteiger partial charge in [-0.2, -0.15) is 5.10 Å². The number of anilines is 1. The quantitative estimate of drug-likeness (QED) is 0.785. The molecule has 1 fully saturated rings. The van der Waals surface area contributed by atoms with Crippen molar-refractivity contribution in [2.45, 2.75) is 19.8 Å². The van der Waals surface area contributed by atoms with Gasteiger partial charge in [-0.3, -0.25) is 9.48 Å². The van der Waals surface area contributed by atoms with Crippen molar-refractivity contribution < 1.29 is 9.90 Å². The lowest BCUT2D eigenvalue weighted by Gasteiger charge is -2.31. The number of aliphatic hydroxyl groups excluding tert-OH is 1. The molecule has 18 heavy (non-hydrogen) atoms. The van der Waals surface area contributed by atoms with E-state index in [4.69, 9.17) is 10.8 Å². The molecule has 6 heteroatoms. The van der Waals surface area contributed by atoms with Gasteiger partial charge in [-0.1, -0.05) is 0 Å². The summed E-state index contributed by atoms with van der Waals surface area (Å²) < 4.78 is 1.55. The van der Waals surface area contributed by atoms with Gasteiger partial charge in [-0.15, -0.1) is 0 Å². The van der Waals surface area contributed by atoms with E-state index in [0.717, 1.165) is 12.8 Å². The van der Waals surface area contributed by atoms with Gasteiger partial charge >= 0.3 is 0 Å². The van der Waals surface area contributed by atoms with Crippen molar-refractivity contribution in [1.82, 2.24) is 14.7 Å². The highest BCUT2D eigenvalue weighted by Crippen LogP contribution is 2.22. The van der Waals surface area contributed by atoms with Crippen molar-refractivity contribution in [2.75, 3.05) is 25.4 Å². The Morgan fingerprint density at radius 2 is 2.11 bits per heavy atom. The molecule has 0 atom stereocenters. The van der Waals surface area contributed by atoms with Crippen LogP contribution in [-0.4, -0.2) is 45.4 Å². The number of aryl methyl sites for hydroxylation is 2. The highest BCUT2D eigenvalue weighted by atomic mass is 16.3. The maximum absolute atomic E-state index is 12.4.